The molecule has 1 aliphatic heterocycles. The third-order valence-electron chi connectivity index (χ3n) is 3.59. The summed E-state index contributed by atoms with van der Waals surface area (Å²) in [7, 11) is 0. The van der Waals surface area contributed by atoms with E-state index in [0.717, 1.165) is 43.7 Å². The summed E-state index contributed by atoms with van der Waals surface area (Å²) in [5.74, 6) is 3.42. The van der Waals surface area contributed by atoms with Crippen LogP contribution in [0.2, 0.25) is 0 Å². The molecule has 0 bridgehead atoms. The van der Waals surface area contributed by atoms with E-state index < -0.39 is 0 Å². The van der Waals surface area contributed by atoms with E-state index in [2.05, 4.69) is 47.5 Å². The molecule has 0 radical (unpaired) electrons. The van der Waals surface area contributed by atoms with E-state index >= 15 is 0 Å². The highest BCUT2D eigenvalue weighted by molar-refractivity contribution is 5.47. The van der Waals surface area contributed by atoms with E-state index in [1.807, 2.05) is 6.07 Å². The number of anilines is 2. The van der Waals surface area contributed by atoms with Gasteiger partial charge in [-0.3, -0.25) is 4.90 Å². The molecule has 0 atom stereocenters. The Hall–Kier alpha value is -1.36. The van der Waals surface area contributed by atoms with Gasteiger partial charge in [-0.05, 0) is 5.92 Å². The first-order valence-corrected chi connectivity index (χ1v) is 7.57. The molecule has 1 saturated heterocycles. The van der Waals surface area contributed by atoms with E-state index in [0.29, 0.717) is 11.7 Å². The minimum atomic E-state index is 0.305. The van der Waals surface area contributed by atoms with Crippen LogP contribution < -0.4 is 10.6 Å². The van der Waals surface area contributed by atoms with Crippen molar-refractivity contribution in [2.45, 2.75) is 33.6 Å². The fraction of sp³-hybridized carbons (Fsp3) is 0.733. The summed E-state index contributed by atoms with van der Waals surface area (Å²) < 4.78 is 0. The maximum atomic E-state index is 5.91. The fourth-order valence-electron chi connectivity index (χ4n) is 2.57. The van der Waals surface area contributed by atoms with Gasteiger partial charge < -0.3 is 10.6 Å². The molecule has 112 valence electrons. The lowest BCUT2D eigenvalue weighted by molar-refractivity contribution is 0.231. The number of hydrogen-bond donors (Lipinski definition) is 1. The molecule has 0 spiro atoms. The molecule has 2 rings (SSSR count). The van der Waals surface area contributed by atoms with Gasteiger partial charge in [0, 0.05) is 44.7 Å². The monoisotopic (exact) mass is 277 g/mol. The molecule has 0 amide bonds. The molecular weight excluding hydrogens is 250 g/mol. The number of aromatic nitrogens is 2. The quantitative estimate of drug-likeness (QED) is 0.911. The van der Waals surface area contributed by atoms with Gasteiger partial charge in [-0.1, -0.05) is 27.7 Å². The number of rotatable bonds is 4. The third kappa shape index (κ3) is 3.82. The van der Waals surface area contributed by atoms with Gasteiger partial charge in [-0.15, -0.1) is 0 Å². The molecular formula is C15H27N5. The van der Waals surface area contributed by atoms with E-state index in [1.54, 1.807) is 0 Å². The Kier molecular flexibility index (Phi) is 4.81. The largest absolute Gasteiger partial charge is 0.384 e. The lowest BCUT2D eigenvalue weighted by Crippen LogP contribution is -2.47. The summed E-state index contributed by atoms with van der Waals surface area (Å²) in [6, 6.07) is 1.89. The van der Waals surface area contributed by atoms with Crippen molar-refractivity contribution in [3.63, 3.8) is 0 Å². The van der Waals surface area contributed by atoms with Crippen LogP contribution in [-0.2, 0) is 0 Å². The van der Waals surface area contributed by atoms with Gasteiger partial charge in [0.2, 0.25) is 0 Å². The fourth-order valence-corrected chi connectivity index (χ4v) is 2.57. The number of nitrogens with zero attached hydrogens (tertiary/aromatic N) is 4. The number of hydrogen-bond acceptors (Lipinski definition) is 5. The second kappa shape index (κ2) is 6.39. The number of nitrogen functional groups attached to an aromatic ring is 1. The van der Waals surface area contributed by atoms with Gasteiger partial charge in [0.25, 0.3) is 0 Å². The SMILES string of the molecule is CC(C)CN1CCN(c2cc(N)nc(C(C)C)n2)CC1. The van der Waals surface area contributed by atoms with Crippen LogP contribution in [0.4, 0.5) is 11.6 Å². The molecule has 2 N–H and O–H groups in total. The van der Waals surface area contributed by atoms with Crippen molar-refractivity contribution in [1.82, 2.24) is 14.9 Å². The standard InChI is InChI=1S/C15H27N5/c1-11(2)10-19-5-7-20(8-6-19)14-9-13(16)17-15(18-14)12(3)4/h9,11-12H,5-8,10H2,1-4H3,(H2,16,17,18). The van der Waals surface area contributed by atoms with Crippen LogP contribution in [0.3, 0.4) is 0 Å². The van der Waals surface area contributed by atoms with Crippen LogP contribution in [0.1, 0.15) is 39.4 Å². The van der Waals surface area contributed by atoms with Crippen molar-refractivity contribution in [2.24, 2.45) is 5.92 Å². The van der Waals surface area contributed by atoms with Crippen molar-refractivity contribution in [1.29, 1.82) is 0 Å². The summed E-state index contributed by atoms with van der Waals surface area (Å²) in [6.45, 7) is 14.1. The van der Waals surface area contributed by atoms with Crippen LogP contribution >= 0.6 is 0 Å². The predicted octanol–water partition coefficient (Wildman–Crippen LogP) is 1.96. The highest BCUT2D eigenvalue weighted by atomic mass is 15.3. The summed E-state index contributed by atoms with van der Waals surface area (Å²) in [6.07, 6.45) is 0. The maximum absolute atomic E-state index is 5.91. The summed E-state index contributed by atoms with van der Waals surface area (Å²) in [5, 5.41) is 0. The minimum absolute atomic E-state index is 0.305. The smallest absolute Gasteiger partial charge is 0.135 e. The average Bonchev–Trinajstić information content (AvgIpc) is 2.38. The van der Waals surface area contributed by atoms with Gasteiger partial charge >= 0.3 is 0 Å². The van der Waals surface area contributed by atoms with Crippen molar-refractivity contribution in [2.75, 3.05) is 43.4 Å². The molecule has 0 aliphatic carbocycles. The third-order valence-corrected chi connectivity index (χ3v) is 3.59. The molecule has 5 heteroatoms. The molecule has 0 aromatic carbocycles. The van der Waals surface area contributed by atoms with Crippen LogP contribution in [-0.4, -0.2) is 47.6 Å². The molecule has 1 aromatic rings. The zero-order valence-electron chi connectivity index (χ0n) is 13.1. The average molecular weight is 277 g/mol. The van der Waals surface area contributed by atoms with Crippen molar-refractivity contribution in [3.8, 4) is 0 Å². The Balaban J connectivity index is 2.03. The topological polar surface area (TPSA) is 58.3 Å². The van der Waals surface area contributed by atoms with Crippen LogP contribution in [0, 0.1) is 5.92 Å². The lowest BCUT2D eigenvalue weighted by Gasteiger charge is -2.36. The highest BCUT2D eigenvalue weighted by Crippen LogP contribution is 2.20. The molecule has 20 heavy (non-hydrogen) atoms. The minimum Gasteiger partial charge on any atom is -0.384 e. The van der Waals surface area contributed by atoms with Crippen LogP contribution in [0.15, 0.2) is 6.07 Å². The predicted molar refractivity (Wildman–Crippen MR) is 84.0 cm³/mol. The van der Waals surface area contributed by atoms with Gasteiger partial charge in [0.1, 0.15) is 17.5 Å². The Labute approximate surface area is 122 Å². The molecule has 1 fully saturated rings. The summed E-state index contributed by atoms with van der Waals surface area (Å²) in [5.41, 5.74) is 5.91. The van der Waals surface area contributed by atoms with E-state index in [1.165, 1.54) is 6.54 Å². The lowest BCUT2D eigenvalue weighted by atomic mass is 10.2. The summed E-state index contributed by atoms with van der Waals surface area (Å²) in [4.78, 5) is 13.8. The number of piperazine rings is 1. The Bertz CT molecular complexity index is 436. The Morgan fingerprint density at radius 1 is 1.10 bits per heavy atom. The first-order chi connectivity index (χ1) is 9.45. The van der Waals surface area contributed by atoms with Gasteiger partial charge in [-0.2, -0.15) is 0 Å². The van der Waals surface area contributed by atoms with Crippen molar-refractivity contribution < 1.29 is 0 Å². The van der Waals surface area contributed by atoms with E-state index in [9.17, 15) is 0 Å². The Morgan fingerprint density at radius 3 is 2.30 bits per heavy atom. The number of nitrogens with two attached hydrogens (primary N) is 1. The van der Waals surface area contributed by atoms with Gasteiger partial charge in [0.05, 0.1) is 0 Å². The van der Waals surface area contributed by atoms with Crippen molar-refractivity contribution in [3.05, 3.63) is 11.9 Å². The van der Waals surface area contributed by atoms with Crippen LogP contribution in [0.5, 0.6) is 0 Å². The second-order valence-corrected chi connectivity index (χ2v) is 6.35. The second-order valence-electron chi connectivity index (χ2n) is 6.35. The first kappa shape index (κ1) is 15.0. The maximum Gasteiger partial charge on any atom is 0.135 e. The zero-order chi connectivity index (χ0) is 14.7. The zero-order valence-corrected chi connectivity index (χ0v) is 13.1. The Morgan fingerprint density at radius 2 is 1.75 bits per heavy atom. The molecule has 1 aromatic heterocycles. The molecule has 0 unspecified atom stereocenters. The van der Waals surface area contributed by atoms with Crippen molar-refractivity contribution >= 4 is 11.6 Å². The molecule has 0 saturated carbocycles. The highest BCUT2D eigenvalue weighted by Gasteiger charge is 2.19. The van der Waals surface area contributed by atoms with Crippen LogP contribution in [0.25, 0.3) is 0 Å². The van der Waals surface area contributed by atoms with E-state index in [4.69, 9.17) is 5.73 Å². The first-order valence-electron chi connectivity index (χ1n) is 7.57. The molecule has 1 aliphatic rings. The summed E-state index contributed by atoms with van der Waals surface area (Å²) >= 11 is 0. The van der Waals surface area contributed by atoms with Gasteiger partial charge in [0.15, 0.2) is 0 Å². The molecule has 5 nitrogen and oxygen atoms in total. The van der Waals surface area contributed by atoms with Gasteiger partial charge in [-0.25, -0.2) is 9.97 Å². The normalized spacial score (nSPS) is 17.2. The van der Waals surface area contributed by atoms with E-state index in [-0.39, 0.29) is 0 Å². The molecule has 2 heterocycles.